The predicted octanol–water partition coefficient (Wildman–Crippen LogP) is 8.70. The lowest BCUT2D eigenvalue weighted by atomic mass is 10.0. The molecule has 1 aliphatic heterocycles. The summed E-state index contributed by atoms with van der Waals surface area (Å²) in [6, 6.07) is 23.5. The lowest BCUT2D eigenvalue weighted by Crippen LogP contribution is -2.47. The molecule has 9 heteroatoms. The summed E-state index contributed by atoms with van der Waals surface area (Å²) in [6.45, 7) is 10.2. The Morgan fingerprint density at radius 2 is 1.59 bits per heavy atom. The van der Waals surface area contributed by atoms with Gasteiger partial charge in [0.05, 0.1) is 11.2 Å². The molecule has 1 aliphatic rings. The number of carbonyl (C=O) groups excluding carboxylic acids is 1. The van der Waals surface area contributed by atoms with Crippen molar-refractivity contribution < 1.29 is 14.3 Å². The van der Waals surface area contributed by atoms with Gasteiger partial charge >= 0.3 is 0 Å². The molecule has 0 bridgehead atoms. The highest BCUT2D eigenvalue weighted by Gasteiger charge is 2.20. The number of ether oxygens (including phenoxy) is 2. The second-order valence-electron chi connectivity index (χ2n) is 10.9. The first-order valence-corrected chi connectivity index (χ1v) is 15.1. The van der Waals surface area contributed by atoms with Gasteiger partial charge in [-0.05, 0) is 78.9 Å². The molecule has 5 rings (SSSR count). The van der Waals surface area contributed by atoms with Gasteiger partial charge < -0.3 is 14.4 Å². The molecule has 4 aromatic rings. The molecule has 3 aromatic carbocycles. The third-order valence-electron chi connectivity index (χ3n) is 7.47. The number of pyridine rings is 1. The molecule has 0 atom stereocenters. The number of amides is 1. The summed E-state index contributed by atoms with van der Waals surface area (Å²) in [7, 11) is 0. The maximum atomic E-state index is 13.1. The second-order valence-corrected chi connectivity index (χ2v) is 11.7. The summed E-state index contributed by atoms with van der Waals surface area (Å²) >= 11 is 12.7. The summed E-state index contributed by atoms with van der Waals surface area (Å²) in [6.07, 6.45) is 3.33. The minimum Gasteiger partial charge on any atom is -0.487 e. The number of hydrogen-bond donors (Lipinski definition) is 0. The van der Waals surface area contributed by atoms with Gasteiger partial charge in [-0.1, -0.05) is 65.2 Å². The van der Waals surface area contributed by atoms with Gasteiger partial charge in [0, 0.05) is 49.9 Å². The minimum atomic E-state index is 0. The van der Waals surface area contributed by atoms with Crippen LogP contribution in [0.4, 0.5) is 0 Å². The fourth-order valence-corrected chi connectivity index (χ4v) is 5.32. The zero-order valence-corrected chi connectivity index (χ0v) is 28.3. The predicted molar refractivity (Wildman–Crippen MR) is 183 cm³/mol. The number of aryl methyl sites for hydroxylation is 2. The summed E-state index contributed by atoms with van der Waals surface area (Å²) < 4.78 is 11.9. The molecule has 0 spiro atoms. The van der Waals surface area contributed by atoms with Crippen molar-refractivity contribution in [2.45, 2.75) is 33.9 Å². The zero-order valence-electron chi connectivity index (χ0n) is 25.1. The molecule has 2 heterocycles. The van der Waals surface area contributed by atoms with Gasteiger partial charge in [0.15, 0.2) is 5.75 Å². The van der Waals surface area contributed by atoms with E-state index in [0.29, 0.717) is 42.1 Å². The van der Waals surface area contributed by atoms with E-state index in [2.05, 4.69) is 28.9 Å². The monoisotopic (exact) mass is 695 g/mol. The number of aromatic nitrogens is 1. The number of piperazine rings is 1. The highest BCUT2D eigenvalue weighted by atomic mass is 79.9. The van der Waals surface area contributed by atoms with Crippen molar-refractivity contribution in [2.24, 2.45) is 0 Å². The fraction of sp³-hybridized carbons (Fsp3) is 0.257. The molecule has 1 aromatic heterocycles. The lowest BCUT2D eigenvalue weighted by Gasteiger charge is -2.34. The van der Waals surface area contributed by atoms with Gasteiger partial charge in [0.2, 0.25) is 11.8 Å². The van der Waals surface area contributed by atoms with Crippen molar-refractivity contribution in [3.05, 3.63) is 123 Å². The molecule has 230 valence electrons. The average molecular weight is 698 g/mol. The van der Waals surface area contributed by atoms with E-state index in [1.54, 1.807) is 18.3 Å². The Bertz CT molecular complexity index is 1560. The highest BCUT2D eigenvalue weighted by molar-refractivity contribution is 8.93. The van der Waals surface area contributed by atoms with E-state index in [1.807, 2.05) is 73.3 Å². The van der Waals surface area contributed by atoms with Gasteiger partial charge in [-0.15, -0.1) is 17.0 Å². The average Bonchev–Trinajstić information content (AvgIpc) is 3.00. The number of allylic oxidation sites excluding steroid dienone is 1. The Balaban J connectivity index is 0.00000442. The smallest absolute Gasteiger partial charge is 0.246 e. The normalized spacial score (nSPS) is 13.8. The molecular weight excluding hydrogens is 661 g/mol. The van der Waals surface area contributed by atoms with Gasteiger partial charge in [-0.3, -0.25) is 9.69 Å². The molecule has 0 aliphatic carbocycles. The van der Waals surface area contributed by atoms with Crippen LogP contribution < -0.4 is 9.47 Å². The maximum absolute atomic E-state index is 13.1. The minimum absolute atomic E-state index is 0. The summed E-state index contributed by atoms with van der Waals surface area (Å²) in [5.41, 5.74) is 6.09. The largest absolute Gasteiger partial charge is 0.487 e. The number of nitrogens with zero attached hydrogens (tertiary/aromatic N) is 3. The molecule has 1 fully saturated rings. The fourth-order valence-electron chi connectivity index (χ4n) is 4.89. The van der Waals surface area contributed by atoms with E-state index in [-0.39, 0.29) is 22.9 Å². The standard InChI is InChI=1S/C35H35Cl2N3O3.BrH/c1-24-4-6-28(7-5-24)23-42-31-12-13-33(38-21-31)43-35-26(3)18-29(20-32(35)37)25(2)19-34(41)40-16-14-39(15-17-40)22-27-8-10-30(36)11-9-27;/h4-13,18-21H,14-17,22-23H2,1-3H3;1H/b25-19+;. The summed E-state index contributed by atoms with van der Waals surface area (Å²) in [5, 5.41) is 1.19. The van der Waals surface area contributed by atoms with Gasteiger partial charge in [0.1, 0.15) is 12.4 Å². The van der Waals surface area contributed by atoms with Crippen LogP contribution in [0.1, 0.15) is 34.7 Å². The molecular formula is C35H36BrCl2N3O3. The Hall–Kier alpha value is -3.36. The van der Waals surface area contributed by atoms with Crippen LogP contribution in [0.2, 0.25) is 10.0 Å². The Morgan fingerprint density at radius 3 is 2.23 bits per heavy atom. The van der Waals surface area contributed by atoms with E-state index in [4.69, 9.17) is 32.7 Å². The van der Waals surface area contributed by atoms with Crippen LogP contribution in [0.15, 0.2) is 85.1 Å². The van der Waals surface area contributed by atoms with E-state index in [9.17, 15) is 4.79 Å². The molecule has 0 N–H and O–H groups in total. The first kappa shape index (κ1) is 33.5. The highest BCUT2D eigenvalue weighted by Crippen LogP contribution is 2.35. The van der Waals surface area contributed by atoms with Crippen molar-refractivity contribution >= 4 is 51.7 Å². The maximum Gasteiger partial charge on any atom is 0.246 e. The number of benzene rings is 3. The SMILES string of the molecule is Br.C/C(=C\C(=O)N1CCN(Cc2ccc(Cl)cc2)CC1)c1cc(C)c(Oc2ccc(OCc3ccc(C)cc3)cn2)c(Cl)c1. The van der Waals surface area contributed by atoms with Crippen molar-refractivity contribution in [1.82, 2.24) is 14.8 Å². The molecule has 1 saturated heterocycles. The molecule has 0 radical (unpaired) electrons. The molecule has 1 amide bonds. The van der Waals surface area contributed by atoms with Gasteiger partial charge in [-0.25, -0.2) is 4.98 Å². The number of carbonyl (C=O) groups is 1. The third kappa shape index (κ3) is 9.08. The van der Waals surface area contributed by atoms with Crippen LogP contribution in [0.25, 0.3) is 5.57 Å². The van der Waals surface area contributed by atoms with Crippen molar-refractivity contribution in [2.75, 3.05) is 26.2 Å². The second kappa shape index (κ2) is 15.6. The quantitative estimate of drug-likeness (QED) is 0.164. The zero-order chi connectivity index (χ0) is 30.3. The summed E-state index contributed by atoms with van der Waals surface area (Å²) in [4.78, 5) is 21.7. The van der Waals surface area contributed by atoms with Gasteiger partial charge in [-0.2, -0.15) is 0 Å². The topological polar surface area (TPSA) is 54.9 Å². The Morgan fingerprint density at radius 1 is 0.909 bits per heavy atom. The van der Waals surface area contributed by atoms with Crippen molar-refractivity contribution in [3.8, 4) is 17.4 Å². The number of hydrogen-bond acceptors (Lipinski definition) is 5. The van der Waals surface area contributed by atoms with Gasteiger partial charge in [0.25, 0.3) is 0 Å². The molecule has 0 saturated carbocycles. The van der Waals surface area contributed by atoms with E-state index in [1.165, 1.54) is 11.1 Å². The van der Waals surface area contributed by atoms with Crippen LogP contribution in [0.5, 0.6) is 17.4 Å². The molecule has 44 heavy (non-hydrogen) atoms. The van der Waals surface area contributed by atoms with Crippen LogP contribution in [-0.2, 0) is 17.9 Å². The van der Waals surface area contributed by atoms with Crippen LogP contribution >= 0.6 is 40.2 Å². The first-order valence-electron chi connectivity index (χ1n) is 14.3. The van der Waals surface area contributed by atoms with Crippen LogP contribution in [0, 0.1) is 13.8 Å². The summed E-state index contributed by atoms with van der Waals surface area (Å²) in [5.74, 6) is 1.60. The van der Waals surface area contributed by atoms with Crippen LogP contribution in [0.3, 0.4) is 0 Å². The Kier molecular flexibility index (Phi) is 11.9. The first-order chi connectivity index (χ1) is 20.7. The van der Waals surface area contributed by atoms with E-state index in [0.717, 1.165) is 46.9 Å². The van der Waals surface area contributed by atoms with Crippen LogP contribution in [-0.4, -0.2) is 46.9 Å². The molecule has 6 nitrogen and oxygen atoms in total. The third-order valence-corrected chi connectivity index (χ3v) is 8.00. The Labute approximate surface area is 280 Å². The van der Waals surface area contributed by atoms with E-state index >= 15 is 0 Å². The lowest BCUT2D eigenvalue weighted by molar-refractivity contribution is -0.127. The van der Waals surface area contributed by atoms with Crippen molar-refractivity contribution in [3.63, 3.8) is 0 Å². The molecule has 0 unspecified atom stereocenters. The number of halogens is 3. The number of rotatable bonds is 9. The van der Waals surface area contributed by atoms with E-state index < -0.39 is 0 Å². The van der Waals surface area contributed by atoms with Crippen molar-refractivity contribution in [1.29, 1.82) is 0 Å².